The maximum Gasteiger partial charge on any atom is 0.328 e. The number of carbonyl (C=O) groups excluding carboxylic acids is 5. The highest BCUT2D eigenvalue weighted by molar-refractivity contribution is 9.12. The number of aromatic hydroxyl groups is 1. The van der Waals surface area contributed by atoms with Gasteiger partial charge in [0.05, 0.1) is 16.3 Å². The van der Waals surface area contributed by atoms with Crippen molar-refractivity contribution in [2.24, 2.45) is 23.5 Å². The van der Waals surface area contributed by atoms with Crippen LogP contribution in [0, 0.1) is 23.6 Å². The first-order valence-electron chi connectivity index (χ1n) is 10.2. The molecule has 1 saturated heterocycles. The Kier molecular flexibility index (Phi) is 4.75. The van der Waals surface area contributed by atoms with E-state index in [4.69, 9.17) is 5.73 Å². The summed E-state index contributed by atoms with van der Waals surface area (Å²) in [7, 11) is 0. The molecule has 0 spiro atoms. The molecule has 1 aromatic rings. The second kappa shape index (κ2) is 7.31. The zero-order valence-corrected chi connectivity index (χ0v) is 18.5. The predicted octanol–water partition coefficient (Wildman–Crippen LogP) is 2.37. The van der Waals surface area contributed by atoms with Crippen molar-refractivity contribution in [2.45, 2.75) is 18.8 Å². The number of likely N-dealkylation sites (tertiary alicyclic amines) is 1. The van der Waals surface area contributed by atoms with Crippen molar-refractivity contribution in [1.29, 1.82) is 0 Å². The molecule has 0 saturated carbocycles. The smallest absolute Gasteiger partial charge is 0.328 e. The van der Waals surface area contributed by atoms with Crippen LogP contribution in [0.15, 0.2) is 51.6 Å². The van der Waals surface area contributed by atoms with Gasteiger partial charge in [-0.1, -0.05) is 23.8 Å². The quantitative estimate of drug-likeness (QED) is 0.335. The molecule has 4 atom stereocenters. The second-order valence-corrected chi connectivity index (χ2v) is 9.28. The molecule has 1 aliphatic heterocycles. The summed E-state index contributed by atoms with van der Waals surface area (Å²) in [6.07, 6.45) is 2.90. The maximum absolute atomic E-state index is 14.3. The van der Waals surface area contributed by atoms with E-state index in [1.54, 1.807) is 6.08 Å². The number of rotatable bonds is 1. The van der Waals surface area contributed by atoms with Crippen LogP contribution in [0.25, 0.3) is 0 Å². The number of urea groups is 1. The number of imide groups is 3. The van der Waals surface area contributed by atoms with Gasteiger partial charge >= 0.3 is 6.03 Å². The number of carbonyl (C=O) groups is 5. The first-order chi connectivity index (χ1) is 15.6. The van der Waals surface area contributed by atoms with Crippen LogP contribution in [0.2, 0.25) is 0 Å². The Bertz CT molecular complexity index is 1300. The summed E-state index contributed by atoms with van der Waals surface area (Å²) in [4.78, 5) is 64.0. The minimum absolute atomic E-state index is 0.0198. The number of phenolic OH excluding ortho intramolecular Hbond substituents is 1. The molecule has 5 rings (SSSR count). The Labute approximate surface area is 194 Å². The first-order valence-corrected chi connectivity index (χ1v) is 11.0. The number of primary amides is 1. The number of amides is 4. The van der Waals surface area contributed by atoms with Crippen molar-refractivity contribution in [3.63, 3.8) is 0 Å². The van der Waals surface area contributed by atoms with Crippen molar-refractivity contribution in [3.8, 4) is 5.75 Å². The highest BCUT2D eigenvalue weighted by Crippen LogP contribution is 2.56. The van der Waals surface area contributed by atoms with E-state index in [9.17, 15) is 33.5 Å². The van der Waals surface area contributed by atoms with Crippen molar-refractivity contribution >= 4 is 45.3 Å². The molecule has 4 unspecified atom stereocenters. The van der Waals surface area contributed by atoms with E-state index in [0.717, 1.165) is 12.1 Å². The molecule has 0 radical (unpaired) electrons. The van der Waals surface area contributed by atoms with Crippen molar-refractivity contribution < 1.29 is 33.5 Å². The number of benzene rings is 1. The number of allylic oxidation sites excluding steroid dienone is 6. The zero-order valence-electron chi connectivity index (χ0n) is 16.9. The number of phenols is 1. The second-order valence-electron chi connectivity index (χ2n) is 8.42. The van der Waals surface area contributed by atoms with E-state index in [-0.39, 0.29) is 34.0 Å². The number of nitrogens with zero attached hydrogens (tertiary/aromatic N) is 1. The number of Topliss-reactive ketones (excluding diaryl/α,β-unsaturated/α-hetero) is 1. The summed E-state index contributed by atoms with van der Waals surface area (Å²) >= 11 is 3.09. The SMILES string of the molecule is NC(=O)N1C(=O)C2CC=C3C(c4cccc(F)c4O)C4=C(CC3C2C1=O)C(=O)C(Br)=CC4=O. The van der Waals surface area contributed by atoms with Crippen molar-refractivity contribution in [2.75, 3.05) is 0 Å². The van der Waals surface area contributed by atoms with Gasteiger partial charge in [-0.15, -0.1) is 0 Å². The van der Waals surface area contributed by atoms with Gasteiger partial charge in [0.1, 0.15) is 0 Å². The Morgan fingerprint density at radius 1 is 1.15 bits per heavy atom. The molecule has 10 heteroatoms. The Balaban J connectivity index is 1.73. The summed E-state index contributed by atoms with van der Waals surface area (Å²) < 4.78 is 14.3. The lowest BCUT2D eigenvalue weighted by molar-refractivity contribution is -0.136. The molecule has 8 nitrogen and oxygen atoms in total. The van der Waals surface area contributed by atoms with Crippen LogP contribution < -0.4 is 5.73 Å². The summed E-state index contributed by atoms with van der Waals surface area (Å²) in [6.45, 7) is 0. The lowest BCUT2D eigenvalue weighted by atomic mass is 9.59. The minimum atomic E-state index is -1.18. The van der Waals surface area contributed by atoms with Crippen LogP contribution in [0.3, 0.4) is 0 Å². The van der Waals surface area contributed by atoms with Crippen LogP contribution in [0.5, 0.6) is 5.75 Å². The Morgan fingerprint density at radius 3 is 2.58 bits per heavy atom. The molecule has 4 aliphatic rings. The highest BCUT2D eigenvalue weighted by Gasteiger charge is 2.57. The number of halogens is 2. The lowest BCUT2D eigenvalue weighted by Crippen LogP contribution is -2.42. The normalized spacial score (nSPS) is 28.8. The van der Waals surface area contributed by atoms with Crippen LogP contribution in [-0.2, 0) is 19.2 Å². The number of ketones is 2. The zero-order chi connectivity index (χ0) is 23.8. The van der Waals surface area contributed by atoms with Gasteiger partial charge < -0.3 is 10.8 Å². The van der Waals surface area contributed by atoms with E-state index >= 15 is 0 Å². The minimum Gasteiger partial charge on any atom is -0.505 e. The molecule has 0 aromatic heterocycles. The van der Waals surface area contributed by atoms with Gasteiger partial charge in [0.2, 0.25) is 11.8 Å². The summed E-state index contributed by atoms with van der Waals surface area (Å²) in [5, 5.41) is 10.5. The third-order valence-electron chi connectivity index (χ3n) is 6.88. The average molecular weight is 515 g/mol. The first kappa shape index (κ1) is 21.4. The Morgan fingerprint density at radius 2 is 1.88 bits per heavy atom. The summed E-state index contributed by atoms with van der Waals surface area (Å²) in [5.74, 6) is -7.48. The van der Waals surface area contributed by atoms with Gasteiger partial charge in [-0.2, -0.15) is 4.90 Å². The summed E-state index contributed by atoms with van der Waals surface area (Å²) in [5.41, 5.74) is 6.09. The number of para-hydroxylation sites is 1. The molecular formula is C23H16BrFN2O6. The fraction of sp³-hybridized carbons (Fsp3) is 0.261. The molecule has 3 N–H and O–H groups in total. The molecule has 4 amide bonds. The number of nitrogens with two attached hydrogens (primary N) is 1. The van der Waals surface area contributed by atoms with E-state index in [1.165, 1.54) is 12.1 Å². The average Bonchev–Trinajstić information content (AvgIpc) is 3.03. The number of hydrogen-bond donors (Lipinski definition) is 2. The molecule has 1 fully saturated rings. The summed E-state index contributed by atoms with van der Waals surface area (Å²) in [6, 6.07) is 2.71. The molecule has 1 aromatic carbocycles. The third-order valence-corrected chi connectivity index (χ3v) is 7.47. The lowest BCUT2D eigenvalue weighted by Gasteiger charge is -2.42. The third kappa shape index (κ3) is 2.90. The molecular weight excluding hydrogens is 499 g/mol. The molecule has 3 aliphatic carbocycles. The fourth-order valence-corrected chi connectivity index (χ4v) is 5.99. The standard InChI is InChI=1S/C23H16BrFN2O6/c24-13-7-15(28)18-12(19(13)29)6-11-8(16(18)9-2-1-3-14(25)20(9)30)4-5-10-17(11)22(32)27(21(10)31)23(26)33/h1-4,7,10-11,16-17,30H,5-6H2,(H2,26,33). The van der Waals surface area contributed by atoms with Gasteiger partial charge in [-0.3, -0.25) is 19.2 Å². The van der Waals surface area contributed by atoms with E-state index in [1.807, 2.05) is 0 Å². The van der Waals surface area contributed by atoms with Gasteiger partial charge in [-0.05, 0) is 40.8 Å². The number of fused-ring (bicyclic) bond motifs is 3. The topological polar surface area (TPSA) is 135 Å². The van der Waals surface area contributed by atoms with E-state index in [0.29, 0.717) is 10.5 Å². The Hall–Kier alpha value is -3.40. The predicted molar refractivity (Wildman–Crippen MR) is 114 cm³/mol. The fourth-order valence-electron chi connectivity index (χ4n) is 5.54. The van der Waals surface area contributed by atoms with Crippen molar-refractivity contribution in [3.05, 3.63) is 62.9 Å². The molecule has 1 heterocycles. The van der Waals surface area contributed by atoms with Crippen molar-refractivity contribution in [1.82, 2.24) is 4.90 Å². The van der Waals surface area contributed by atoms with Crippen LogP contribution >= 0.6 is 15.9 Å². The molecule has 33 heavy (non-hydrogen) atoms. The van der Waals surface area contributed by atoms with Crippen LogP contribution in [0.1, 0.15) is 24.3 Å². The molecule has 0 bridgehead atoms. The maximum atomic E-state index is 14.3. The largest absolute Gasteiger partial charge is 0.505 e. The van der Waals surface area contributed by atoms with Gasteiger partial charge in [0.25, 0.3) is 0 Å². The van der Waals surface area contributed by atoms with E-state index < -0.39 is 64.7 Å². The molecule has 168 valence electrons. The monoisotopic (exact) mass is 514 g/mol. The van der Waals surface area contributed by atoms with E-state index in [2.05, 4.69) is 15.9 Å². The van der Waals surface area contributed by atoms with Gasteiger partial charge in [0, 0.05) is 28.7 Å². The van der Waals surface area contributed by atoms with Gasteiger partial charge in [-0.25, -0.2) is 9.18 Å². The number of hydrogen-bond acceptors (Lipinski definition) is 6. The van der Waals surface area contributed by atoms with Gasteiger partial charge in [0.15, 0.2) is 23.1 Å². The highest BCUT2D eigenvalue weighted by atomic mass is 79.9. The van der Waals surface area contributed by atoms with Crippen LogP contribution in [0.4, 0.5) is 9.18 Å². The van der Waals surface area contributed by atoms with Crippen LogP contribution in [-0.4, -0.2) is 39.4 Å².